The van der Waals surface area contributed by atoms with Crippen LogP contribution in [0.5, 0.6) is 0 Å². The van der Waals surface area contributed by atoms with Crippen LogP contribution in [-0.4, -0.2) is 45.8 Å². The molecule has 20 heavy (non-hydrogen) atoms. The molecule has 6 nitrogen and oxygen atoms in total. The largest absolute Gasteiger partial charge is 0.476 e. The van der Waals surface area contributed by atoms with Gasteiger partial charge in [-0.1, -0.05) is 13.8 Å². The Morgan fingerprint density at radius 1 is 1.55 bits per heavy atom. The second-order valence-electron chi connectivity index (χ2n) is 5.56. The molecule has 1 aromatic heterocycles. The zero-order chi connectivity index (χ0) is 14.7. The van der Waals surface area contributed by atoms with Crippen LogP contribution in [0.15, 0.2) is 6.20 Å². The van der Waals surface area contributed by atoms with E-state index in [9.17, 15) is 15.0 Å². The third kappa shape index (κ3) is 3.07. The first-order valence-corrected chi connectivity index (χ1v) is 6.99. The van der Waals surface area contributed by atoms with Crippen molar-refractivity contribution in [1.82, 2.24) is 9.97 Å². The molecule has 0 aromatic carbocycles. The summed E-state index contributed by atoms with van der Waals surface area (Å²) in [6, 6.07) is 0. The molecule has 1 unspecified atom stereocenters. The molecule has 0 spiro atoms. The Labute approximate surface area is 118 Å². The third-order valence-corrected chi connectivity index (χ3v) is 3.62. The number of carboxylic acid groups (broad SMARTS) is 1. The Balaban J connectivity index is 2.32. The minimum absolute atomic E-state index is 0.0577. The van der Waals surface area contributed by atoms with Crippen LogP contribution < -0.4 is 4.90 Å². The van der Waals surface area contributed by atoms with E-state index in [-0.39, 0.29) is 24.1 Å². The van der Waals surface area contributed by atoms with E-state index in [4.69, 9.17) is 0 Å². The van der Waals surface area contributed by atoms with Gasteiger partial charge in [-0.3, -0.25) is 0 Å². The molecule has 0 radical (unpaired) electrons. The van der Waals surface area contributed by atoms with Gasteiger partial charge in [-0.05, 0) is 18.8 Å². The van der Waals surface area contributed by atoms with Crippen molar-refractivity contribution in [3.63, 3.8) is 0 Å². The Bertz CT molecular complexity index is 491. The molecule has 0 bridgehead atoms. The van der Waals surface area contributed by atoms with Gasteiger partial charge in [0, 0.05) is 25.6 Å². The summed E-state index contributed by atoms with van der Waals surface area (Å²) < 4.78 is 0. The van der Waals surface area contributed by atoms with Gasteiger partial charge in [0.1, 0.15) is 5.82 Å². The number of aromatic carboxylic acids is 1. The fraction of sp³-hybridized carbons (Fsp3) is 0.643. The minimum atomic E-state index is -1.03. The highest BCUT2D eigenvalue weighted by Crippen LogP contribution is 2.26. The van der Waals surface area contributed by atoms with E-state index in [0.29, 0.717) is 18.1 Å². The normalized spacial score (nSPS) is 19.4. The van der Waals surface area contributed by atoms with Crippen LogP contribution in [0.3, 0.4) is 0 Å². The lowest BCUT2D eigenvalue weighted by atomic mass is 9.98. The highest BCUT2D eigenvalue weighted by Gasteiger charge is 2.25. The van der Waals surface area contributed by atoms with Gasteiger partial charge in [0.15, 0.2) is 5.69 Å². The van der Waals surface area contributed by atoms with Crippen molar-refractivity contribution in [2.45, 2.75) is 32.6 Å². The van der Waals surface area contributed by atoms with Gasteiger partial charge in [0.2, 0.25) is 0 Å². The summed E-state index contributed by atoms with van der Waals surface area (Å²) in [5, 5.41) is 18.6. The summed E-state index contributed by atoms with van der Waals surface area (Å²) in [5.41, 5.74) is 0.613. The molecule has 0 saturated carbocycles. The van der Waals surface area contributed by atoms with Crippen LogP contribution in [0.25, 0.3) is 0 Å². The van der Waals surface area contributed by atoms with Gasteiger partial charge >= 0.3 is 5.97 Å². The smallest absolute Gasteiger partial charge is 0.356 e. The Morgan fingerprint density at radius 3 is 2.90 bits per heavy atom. The SMILES string of the molecule is CC(C)c1ncc(N2CCCC(CO)C2)c(C(=O)O)n1. The number of nitrogens with zero attached hydrogens (tertiary/aromatic N) is 3. The van der Waals surface area contributed by atoms with E-state index in [1.54, 1.807) is 6.20 Å². The van der Waals surface area contributed by atoms with Crippen molar-refractivity contribution in [1.29, 1.82) is 0 Å². The fourth-order valence-electron chi connectivity index (χ4n) is 2.49. The summed E-state index contributed by atoms with van der Waals surface area (Å²) in [6.07, 6.45) is 3.52. The van der Waals surface area contributed by atoms with E-state index in [1.807, 2.05) is 18.7 Å². The molecule has 1 aliphatic heterocycles. The fourth-order valence-corrected chi connectivity index (χ4v) is 2.49. The van der Waals surface area contributed by atoms with Gasteiger partial charge in [-0.25, -0.2) is 14.8 Å². The maximum absolute atomic E-state index is 11.4. The third-order valence-electron chi connectivity index (χ3n) is 3.62. The Hall–Kier alpha value is -1.69. The number of aromatic nitrogens is 2. The summed E-state index contributed by atoms with van der Waals surface area (Å²) in [4.78, 5) is 21.8. The van der Waals surface area contributed by atoms with Crippen molar-refractivity contribution in [3.8, 4) is 0 Å². The second-order valence-corrected chi connectivity index (χ2v) is 5.56. The number of rotatable bonds is 4. The maximum atomic E-state index is 11.4. The summed E-state index contributed by atoms with van der Waals surface area (Å²) in [7, 11) is 0. The van der Waals surface area contributed by atoms with Crippen molar-refractivity contribution in [3.05, 3.63) is 17.7 Å². The molecule has 2 heterocycles. The summed E-state index contributed by atoms with van der Waals surface area (Å²) >= 11 is 0. The number of hydrogen-bond acceptors (Lipinski definition) is 5. The first-order chi connectivity index (χ1) is 9.52. The van der Waals surface area contributed by atoms with E-state index in [2.05, 4.69) is 9.97 Å². The molecule has 1 aliphatic rings. The second kappa shape index (κ2) is 6.17. The Kier molecular flexibility index (Phi) is 4.54. The molecule has 1 fully saturated rings. The van der Waals surface area contributed by atoms with Gasteiger partial charge in [-0.2, -0.15) is 0 Å². The molecular weight excluding hydrogens is 258 g/mol. The van der Waals surface area contributed by atoms with Crippen molar-refractivity contribution in [2.24, 2.45) is 5.92 Å². The van der Waals surface area contributed by atoms with Crippen molar-refractivity contribution >= 4 is 11.7 Å². The van der Waals surface area contributed by atoms with Crippen LogP contribution in [-0.2, 0) is 0 Å². The topological polar surface area (TPSA) is 86.5 Å². The lowest BCUT2D eigenvalue weighted by Crippen LogP contribution is -2.38. The number of piperidine rings is 1. The van der Waals surface area contributed by atoms with Crippen LogP contribution in [0.2, 0.25) is 0 Å². The molecule has 1 atom stereocenters. The number of carboxylic acids is 1. The average Bonchev–Trinajstić information content (AvgIpc) is 2.46. The predicted octanol–water partition coefficient (Wildman–Crippen LogP) is 1.51. The van der Waals surface area contributed by atoms with E-state index in [1.165, 1.54) is 0 Å². The highest BCUT2D eigenvalue weighted by molar-refractivity contribution is 5.92. The molecule has 1 saturated heterocycles. The zero-order valence-corrected chi connectivity index (χ0v) is 11.9. The molecule has 0 aliphatic carbocycles. The molecule has 110 valence electrons. The first kappa shape index (κ1) is 14.7. The van der Waals surface area contributed by atoms with Crippen LogP contribution in [0, 0.1) is 5.92 Å². The number of anilines is 1. The lowest BCUT2D eigenvalue weighted by Gasteiger charge is -2.33. The quantitative estimate of drug-likeness (QED) is 0.868. The van der Waals surface area contributed by atoms with Crippen molar-refractivity contribution in [2.75, 3.05) is 24.6 Å². The molecule has 1 aromatic rings. The molecule has 2 rings (SSSR count). The number of hydrogen-bond donors (Lipinski definition) is 2. The van der Waals surface area contributed by atoms with Crippen LogP contribution in [0.4, 0.5) is 5.69 Å². The molecule has 0 amide bonds. The van der Waals surface area contributed by atoms with Gasteiger partial charge in [0.05, 0.1) is 11.9 Å². The molecule has 6 heteroatoms. The standard InChI is InChI=1S/C14H21N3O3/c1-9(2)13-15-6-11(12(16-13)14(19)20)17-5-3-4-10(7-17)8-18/h6,9-10,18H,3-5,7-8H2,1-2H3,(H,19,20). The first-order valence-electron chi connectivity index (χ1n) is 6.99. The van der Waals surface area contributed by atoms with Crippen LogP contribution in [0.1, 0.15) is 48.9 Å². The van der Waals surface area contributed by atoms with E-state index in [0.717, 1.165) is 19.4 Å². The monoisotopic (exact) mass is 279 g/mol. The van der Waals surface area contributed by atoms with Gasteiger partial charge < -0.3 is 15.1 Å². The van der Waals surface area contributed by atoms with E-state index < -0.39 is 5.97 Å². The van der Waals surface area contributed by atoms with Crippen molar-refractivity contribution < 1.29 is 15.0 Å². The number of aliphatic hydroxyl groups is 1. The average molecular weight is 279 g/mol. The predicted molar refractivity (Wildman–Crippen MR) is 75.1 cm³/mol. The summed E-state index contributed by atoms with van der Waals surface area (Å²) in [5.74, 6) is -0.207. The van der Waals surface area contributed by atoms with E-state index >= 15 is 0 Å². The van der Waals surface area contributed by atoms with Gasteiger partial charge in [-0.15, -0.1) is 0 Å². The highest BCUT2D eigenvalue weighted by atomic mass is 16.4. The van der Waals surface area contributed by atoms with Gasteiger partial charge in [0.25, 0.3) is 0 Å². The molecular formula is C14H21N3O3. The Morgan fingerprint density at radius 2 is 2.30 bits per heavy atom. The van der Waals surface area contributed by atoms with Crippen LogP contribution >= 0.6 is 0 Å². The number of carbonyl (C=O) groups is 1. The zero-order valence-electron chi connectivity index (χ0n) is 11.9. The molecule has 2 N–H and O–H groups in total. The minimum Gasteiger partial charge on any atom is -0.476 e. The lowest BCUT2D eigenvalue weighted by molar-refractivity contribution is 0.0690. The maximum Gasteiger partial charge on any atom is 0.356 e. The summed E-state index contributed by atoms with van der Waals surface area (Å²) in [6.45, 7) is 5.43. The number of aliphatic hydroxyl groups excluding tert-OH is 1.